The van der Waals surface area contributed by atoms with Crippen molar-refractivity contribution in [2.45, 2.75) is 45.0 Å². The van der Waals surface area contributed by atoms with Gasteiger partial charge in [0.15, 0.2) is 8.32 Å². The van der Waals surface area contributed by atoms with Gasteiger partial charge in [0.1, 0.15) is 12.4 Å². The maximum Gasteiger partial charge on any atom is 0.192 e. The Hall–Kier alpha value is -1.00. The van der Waals surface area contributed by atoms with Gasteiger partial charge >= 0.3 is 0 Å². The summed E-state index contributed by atoms with van der Waals surface area (Å²) in [6.45, 7) is 12.8. The Bertz CT molecular complexity index is 413. The summed E-state index contributed by atoms with van der Waals surface area (Å²) in [5.74, 6) is 0.920. The van der Waals surface area contributed by atoms with Gasteiger partial charge in [-0.25, -0.2) is 0 Å². The lowest BCUT2D eigenvalue weighted by molar-refractivity contribution is 0.129. The zero-order chi connectivity index (χ0) is 14.1. The summed E-state index contributed by atoms with van der Waals surface area (Å²) >= 11 is 0. The van der Waals surface area contributed by atoms with Crippen LogP contribution in [0.2, 0.25) is 18.1 Å². The van der Waals surface area contributed by atoms with Crippen LogP contribution >= 0.6 is 0 Å². The average Bonchev–Trinajstić information content (AvgIpc) is 2.50. The van der Waals surface area contributed by atoms with Gasteiger partial charge < -0.3 is 14.5 Å². The highest BCUT2D eigenvalue weighted by atomic mass is 28.4. The summed E-state index contributed by atoms with van der Waals surface area (Å²) in [6.07, 6.45) is 0.119. The third kappa shape index (κ3) is 3.31. The molecule has 1 unspecified atom stereocenters. The molecule has 1 aromatic rings. The molecular weight excluding hydrogens is 254 g/mol. The van der Waals surface area contributed by atoms with Crippen molar-refractivity contribution in [2.24, 2.45) is 0 Å². The first kappa shape index (κ1) is 14.4. The number of ether oxygens (including phenoxy) is 1. The van der Waals surface area contributed by atoms with Crippen molar-refractivity contribution in [2.75, 3.05) is 18.5 Å². The summed E-state index contributed by atoms with van der Waals surface area (Å²) in [5.41, 5.74) is 1.06. The number of fused-ring (bicyclic) bond motifs is 1. The topological polar surface area (TPSA) is 30.5 Å². The van der Waals surface area contributed by atoms with Crippen LogP contribution in [0, 0.1) is 0 Å². The van der Waals surface area contributed by atoms with E-state index in [1.165, 1.54) is 0 Å². The number of rotatable bonds is 2. The van der Waals surface area contributed by atoms with Crippen molar-refractivity contribution in [1.29, 1.82) is 0 Å². The second-order valence-electron chi connectivity index (χ2n) is 6.69. The molecule has 106 valence electrons. The van der Waals surface area contributed by atoms with Gasteiger partial charge in [0.05, 0.1) is 11.8 Å². The maximum atomic E-state index is 6.41. The molecule has 0 bridgehead atoms. The van der Waals surface area contributed by atoms with E-state index in [9.17, 15) is 0 Å². The number of hydrogen-bond donors (Lipinski definition) is 1. The first-order valence-electron chi connectivity index (χ1n) is 6.93. The van der Waals surface area contributed by atoms with Gasteiger partial charge in [-0.3, -0.25) is 0 Å². The van der Waals surface area contributed by atoms with E-state index in [0.717, 1.165) is 18.0 Å². The van der Waals surface area contributed by atoms with Gasteiger partial charge in [-0.15, -0.1) is 0 Å². The van der Waals surface area contributed by atoms with Crippen molar-refractivity contribution in [1.82, 2.24) is 0 Å². The molecule has 0 radical (unpaired) electrons. The monoisotopic (exact) mass is 279 g/mol. The third-order valence-corrected chi connectivity index (χ3v) is 8.63. The van der Waals surface area contributed by atoms with Crippen molar-refractivity contribution < 1.29 is 9.16 Å². The molecule has 0 aliphatic carbocycles. The minimum absolute atomic E-state index is 0.119. The lowest BCUT2D eigenvalue weighted by Crippen LogP contribution is -2.46. The molecular formula is C15H25NO2Si. The van der Waals surface area contributed by atoms with Gasteiger partial charge in [-0.1, -0.05) is 32.9 Å². The van der Waals surface area contributed by atoms with Gasteiger partial charge in [0, 0.05) is 6.54 Å². The summed E-state index contributed by atoms with van der Waals surface area (Å²) in [7, 11) is -1.74. The Labute approximate surface area is 117 Å². The Morgan fingerprint density at radius 2 is 1.95 bits per heavy atom. The fourth-order valence-electron chi connectivity index (χ4n) is 1.87. The molecule has 0 spiro atoms. The second kappa shape index (κ2) is 5.17. The Kier molecular flexibility index (Phi) is 3.92. The molecule has 0 amide bonds. The highest BCUT2D eigenvalue weighted by molar-refractivity contribution is 6.74. The molecule has 2 rings (SSSR count). The molecule has 1 aliphatic heterocycles. The van der Waals surface area contributed by atoms with Crippen LogP contribution in [-0.2, 0) is 4.43 Å². The van der Waals surface area contributed by atoms with E-state index in [1.807, 2.05) is 24.3 Å². The quantitative estimate of drug-likeness (QED) is 0.833. The number of nitrogens with one attached hydrogen (secondary N) is 1. The van der Waals surface area contributed by atoms with E-state index in [1.54, 1.807) is 0 Å². The zero-order valence-corrected chi connectivity index (χ0v) is 13.6. The highest BCUT2D eigenvalue weighted by Crippen LogP contribution is 2.38. The lowest BCUT2D eigenvalue weighted by atomic mass is 10.2. The smallest absolute Gasteiger partial charge is 0.192 e. The van der Waals surface area contributed by atoms with Gasteiger partial charge in [-0.05, 0) is 30.3 Å². The minimum Gasteiger partial charge on any atom is -0.489 e. The predicted molar refractivity (Wildman–Crippen MR) is 82.5 cm³/mol. The van der Waals surface area contributed by atoms with Crippen molar-refractivity contribution >= 4 is 14.0 Å². The summed E-state index contributed by atoms with van der Waals surface area (Å²) in [4.78, 5) is 0. The largest absolute Gasteiger partial charge is 0.489 e. The van der Waals surface area contributed by atoms with Gasteiger partial charge in [-0.2, -0.15) is 0 Å². The van der Waals surface area contributed by atoms with E-state index < -0.39 is 8.32 Å². The van der Waals surface area contributed by atoms with Crippen molar-refractivity contribution in [3.8, 4) is 5.75 Å². The molecule has 3 nitrogen and oxygen atoms in total. The van der Waals surface area contributed by atoms with E-state index >= 15 is 0 Å². The van der Waals surface area contributed by atoms with Crippen LogP contribution in [-0.4, -0.2) is 27.6 Å². The van der Waals surface area contributed by atoms with Crippen LogP contribution in [0.25, 0.3) is 0 Å². The van der Waals surface area contributed by atoms with Crippen LogP contribution in [0.1, 0.15) is 20.8 Å². The first-order valence-corrected chi connectivity index (χ1v) is 9.84. The van der Waals surface area contributed by atoms with Crippen LogP contribution in [0.4, 0.5) is 5.69 Å². The Morgan fingerprint density at radius 1 is 1.26 bits per heavy atom. The molecule has 0 saturated carbocycles. The third-order valence-electron chi connectivity index (χ3n) is 4.10. The molecule has 0 aromatic heterocycles. The highest BCUT2D eigenvalue weighted by Gasteiger charge is 2.39. The van der Waals surface area contributed by atoms with E-state index in [-0.39, 0.29) is 11.1 Å². The summed E-state index contributed by atoms with van der Waals surface area (Å²) in [6, 6.07) is 8.06. The van der Waals surface area contributed by atoms with Crippen molar-refractivity contribution in [3.05, 3.63) is 24.3 Å². The lowest BCUT2D eigenvalue weighted by Gasteiger charge is -2.38. The molecule has 4 heteroatoms. The van der Waals surface area contributed by atoms with Crippen LogP contribution < -0.4 is 10.1 Å². The van der Waals surface area contributed by atoms with Crippen molar-refractivity contribution in [3.63, 3.8) is 0 Å². The predicted octanol–water partition coefficient (Wildman–Crippen LogP) is 3.88. The SMILES string of the molecule is CC(C)(C)[Si](C)(C)OC1CNc2ccccc2OC1. The van der Waals surface area contributed by atoms with E-state index in [4.69, 9.17) is 9.16 Å². The van der Waals surface area contributed by atoms with Gasteiger partial charge in [0.25, 0.3) is 0 Å². The molecule has 19 heavy (non-hydrogen) atoms. The minimum atomic E-state index is -1.74. The number of para-hydroxylation sites is 2. The second-order valence-corrected chi connectivity index (χ2v) is 11.4. The van der Waals surface area contributed by atoms with E-state index in [2.05, 4.69) is 39.2 Å². The number of hydrogen-bond acceptors (Lipinski definition) is 3. The first-order chi connectivity index (χ1) is 8.79. The molecule has 1 aromatic carbocycles. The number of anilines is 1. The van der Waals surface area contributed by atoms with Crippen LogP contribution in [0.15, 0.2) is 24.3 Å². The summed E-state index contributed by atoms with van der Waals surface area (Å²) in [5, 5.41) is 3.65. The van der Waals surface area contributed by atoms with E-state index in [0.29, 0.717) is 6.61 Å². The van der Waals surface area contributed by atoms with Gasteiger partial charge in [0.2, 0.25) is 0 Å². The fourth-order valence-corrected chi connectivity index (χ4v) is 3.21. The molecule has 1 atom stereocenters. The average molecular weight is 279 g/mol. The number of benzene rings is 1. The standard InChI is InChI=1S/C15H25NO2Si/c1-15(2,3)19(4,5)18-12-10-16-13-8-6-7-9-14(13)17-11-12/h6-9,12,16H,10-11H2,1-5H3. The summed E-state index contributed by atoms with van der Waals surface area (Å²) < 4.78 is 12.3. The molecule has 1 aliphatic rings. The molecule has 1 heterocycles. The molecule has 1 N–H and O–H groups in total. The maximum absolute atomic E-state index is 6.41. The van der Waals surface area contributed by atoms with Crippen LogP contribution in [0.5, 0.6) is 5.75 Å². The normalized spacial score (nSPS) is 19.9. The fraction of sp³-hybridized carbons (Fsp3) is 0.600. The van der Waals surface area contributed by atoms with Crippen LogP contribution in [0.3, 0.4) is 0 Å². The Balaban J connectivity index is 2.03. The zero-order valence-electron chi connectivity index (χ0n) is 12.6. The molecule has 0 saturated heterocycles. The Morgan fingerprint density at radius 3 is 2.63 bits per heavy atom. The molecule has 0 fully saturated rings.